The average Bonchev–Trinajstić information content (AvgIpc) is 2.67. The minimum absolute atomic E-state index is 0.00179. The van der Waals surface area contributed by atoms with Crippen molar-refractivity contribution in [2.24, 2.45) is 0 Å². The highest BCUT2D eigenvalue weighted by Crippen LogP contribution is 2.30. The molecule has 2 aromatic carbocycles. The van der Waals surface area contributed by atoms with Crippen molar-refractivity contribution in [2.45, 2.75) is 6.18 Å². The maximum atomic E-state index is 12.6. The molecule has 1 aliphatic rings. The predicted octanol–water partition coefficient (Wildman–Crippen LogP) is 3.62. The number of alkyl halides is 3. The van der Waals surface area contributed by atoms with Crippen LogP contribution in [-0.2, 0) is 15.7 Å². The Hall–Kier alpha value is -3.62. The molecule has 1 amide bonds. The van der Waals surface area contributed by atoms with Crippen molar-refractivity contribution in [3.05, 3.63) is 70.9 Å². The Morgan fingerprint density at radius 2 is 1.61 bits per heavy atom. The summed E-state index contributed by atoms with van der Waals surface area (Å²) in [4.78, 5) is 36.0. The molecule has 0 bridgehead atoms. The number of halogens is 3. The molecule has 0 atom stereocenters. The fourth-order valence-electron chi connectivity index (χ4n) is 2.53. The molecule has 28 heavy (non-hydrogen) atoms. The smallest absolute Gasteiger partial charge is 0.416 e. The van der Waals surface area contributed by atoms with Crippen LogP contribution in [0, 0.1) is 0 Å². The number of anilines is 2. The zero-order valence-electron chi connectivity index (χ0n) is 14.4. The number of carbonyl (C=O) groups is 3. The largest absolute Gasteiger partial charge is 0.465 e. The van der Waals surface area contributed by atoms with E-state index in [4.69, 9.17) is 0 Å². The third-order valence-electron chi connectivity index (χ3n) is 3.98. The molecule has 0 aliphatic carbocycles. The van der Waals surface area contributed by atoms with Crippen molar-refractivity contribution >= 4 is 29.0 Å². The van der Waals surface area contributed by atoms with Gasteiger partial charge in [0.2, 0.25) is 0 Å². The Morgan fingerprint density at radius 1 is 0.964 bits per heavy atom. The molecule has 2 N–H and O–H groups in total. The van der Waals surface area contributed by atoms with Crippen molar-refractivity contribution < 1.29 is 32.3 Å². The predicted molar refractivity (Wildman–Crippen MR) is 93.9 cm³/mol. The summed E-state index contributed by atoms with van der Waals surface area (Å²) in [6, 6.07) is 8.09. The van der Waals surface area contributed by atoms with Crippen molar-refractivity contribution in [3.63, 3.8) is 0 Å². The molecule has 0 fully saturated rings. The molecule has 0 spiro atoms. The van der Waals surface area contributed by atoms with Crippen LogP contribution >= 0.6 is 0 Å². The minimum atomic E-state index is -4.50. The van der Waals surface area contributed by atoms with Crippen LogP contribution in [0.5, 0.6) is 0 Å². The van der Waals surface area contributed by atoms with Gasteiger partial charge in [0.15, 0.2) is 5.78 Å². The zero-order chi connectivity index (χ0) is 20.5. The molecule has 144 valence electrons. The highest BCUT2D eigenvalue weighted by atomic mass is 19.4. The number of ether oxygens (including phenoxy) is 1. The molecule has 0 radical (unpaired) electrons. The van der Waals surface area contributed by atoms with E-state index in [-0.39, 0.29) is 16.8 Å². The number of fused-ring (bicyclic) bond motifs is 1. The lowest BCUT2D eigenvalue weighted by molar-refractivity contribution is -0.137. The standard InChI is InChI=1S/C19H13F3N2O4/c1-28-18(27)11-4-7-13-14(8-11)24-17(26)15(23-13)9-16(25)10-2-5-12(6-3-10)19(20,21)22/h2-9,23H,1H3,(H,24,26)/b15-9-. The molecule has 2 aromatic rings. The van der Waals surface area contributed by atoms with Crippen LogP contribution in [0.1, 0.15) is 26.3 Å². The second-order valence-corrected chi connectivity index (χ2v) is 5.83. The third kappa shape index (κ3) is 3.88. The number of methoxy groups -OCH3 is 1. The van der Waals surface area contributed by atoms with Crippen LogP contribution in [0.3, 0.4) is 0 Å². The first-order valence-corrected chi connectivity index (χ1v) is 7.93. The number of benzene rings is 2. The summed E-state index contributed by atoms with van der Waals surface area (Å²) in [5.74, 6) is -1.84. The van der Waals surface area contributed by atoms with Gasteiger partial charge in [0.25, 0.3) is 5.91 Å². The second-order valence-electron chi connectivity index (χ2n) is 5.83. The second kappa shape index (κ2) is 7.18. The fourth-order valence-corrected chi connectivity index (χ4v) is 2.53. The van der Waals surface area contributed by atoms with Gasteiger partial charge in [-0.3, -0.25) is 9.59 Å². The average molecular weight is 390 g/mol. The number of rotatable bonds is 3. The summed E-state index contributed by atoms with van der Waals surface area (Å²) in [7, 11) is 1.23. The minimum Gasteiger partial charge on any atom is -0.465 e. The summed E-state index contributed by atoms with van der Waals surface area (Å²) < 4.78 is 42.4. The van der Waals surface area contributed by atoms with Gasteiger partial charge >= 0.3 is 12.1 Å². The lowest BCUT2D eigenvalue weighted by Crippen LogP contribution is -2.26. The van der Waals surface area contributed by atoms with E-state index in [0.29, 0.717) is 11.4 Å². The number of amides is 1. The van der Waals surface area contributed by atoms with Gasteiger partial charge in [0.1, 0.15) is 5.70 Å². The van der Waals surface area contributed by atoms with E-state index in [2.05, 4.69) is 15.4 Å². The summed E-state index contributed by atoms with van der Waals surface area (Å²) in [6.07, 6.45) is -3.51. The van der Waals surface area contributed by atoms with E-state index in [0.717, 1.165) is 30.3 Å². The molecular formula is C19H13F3N2O4. The highest BCUT2D eigenvalue weighted by Gasteiger charge is 2.30. The van der Waals surface area contributed by atoms with E-state index in [1.54, 1.807) is 0 Å². The van der Waals surface area contributed by atoms with E-state index in [1.165, 1.54) is 25.3 Å². The molecule has 0 unspecified atom stereocenters. The Kier molecular flexibility index (Phi) is 4.91. The monoisotopic (exact) mass is 390 g/mol. The number of hydrogen-bond donors (Lipinski definition) is 2. The molecule has 6 nitrogen and oxygen atoms in total. The Balaban J connectivity index is 1.82. The Morgan fingerprint density at radius 3 is 2.21 bits per heavy atom. The molecule has 0 saturated carbocycles. The molecular weight excluding hydrogens is 377 g/mol. The summed E-state index contributed by atoms with van der Waals surface area (Å²) in [6.45, 7) is 0. The third-order valence-corrected chi connectivity index (χ3v) is 3.98. The molecule has 3 rings (SSSR count). The van der Waals surface area contributed by atoms with E-state index in [1.807, 2.05) is 0 Å². The van der Waals surface area contributed by atoms with Crippen LogP contribution in [0.4, 0.5) is 24.5 Å². The topological polar surface area (TPSA) is 84.5 Å². The van der Waals surface area contributed by atoms with Gasteiger partial charge in [0, 0.05) is 11.6 Å². The number of carbonyl (C=O) groups excluding carboxylic acids is 3. The maximum absolute atomic E-state index is 12.6. The first-order valence-electron chi connectivity index (χ1n) is 7.93. The molecule has 1 aliphatic heterocycles. The molecule has 0 aromatic heterocycles. The highest BCUT2D eigenvalue weighted by molar-refractivity contribution is 6.17. The van der Waals surface area contributed by atoms with Crippen molar-refractivity contribution in [3.8, 4) is 0 Å². The van der Waals surface area contributed by atoms with Gasteiger partial charge in [0.05, 0.1) is 29.6 Å². The first-order chi connectivity index (χ1) is 13.2. The first kappa shape index (κ1) is 19.2. The van der Waals surface area contributed by atoms with Gasteiger partial charge in [-0.1, -0.05) is 12.1 Å². The SMILES string of the molecule is COC(=O)c1ccc2c(c1)NC(=O)/C(=C/C(=O)c1ccc(C(F)(F)F)cc1)N2. The van der Waals surface area contributed by atoms with Crippen LogP contribution < -0.4 is 10.6 Å². The number of esters is 1. The quantitative estimate of drug-likeness (QED) is 0.475. The summed E-state index contributed by atoms with van der Waals surface area (Å²) in [5, 5.41) is 5.30. The maximum Gasteiger partial charge on any atom is 0.416 e. The van der Waals surface area contributed by atoms with E-state index in [9.17, 15) is 27.6 Å². The molecule has 9 heteroatoms. The summed E-state index contributed by atoms with van der Waals surface area (Å²) >= 11 is 0. The number of ketones is 1. The van der Waals surface area contributed by atoms with Crippen LogP contribution in [0.25, 0.3) is 0 Å². The van der Waals surface area contributed by atoms with Crippen molar-refractivity contribution in [1.29, 1.82) is 0 Å². The molecule has 0 saturated heterocycles. The Bertz CT molecular complexity index is 995. The van der Waals surface area contributed by atoms with Crippen LogP contribution in [0.15, 0.2) is 54.2 Å². The lowest BCUT2D eigenvalue weighted by atomic mass is 10.1. The normalized spacial score (nSPS) is 14.7. The van der Waals surface area contributed by atoms with Crippen LogP contribution in [0.2, 0.25) is 0 Å². The number of nitrogens with one attached hydrogen (secondary N) is 2. The van der Waals surface area contributed by atoms with Crippen LogP contribution in [-0.4, -0.2) is 24.8 Å². The van der Waals surface area contributed by atoms with E-state index >= 15 is 0 Å². The number of hydrogen-bond acceptors (Lipinski definition) is 5. The van der Waals surface area contributed by atoms with Crippen molar-refractivity contribution in [1.82, 2.24) is 0 Å². The van der Waals surface area contributed by atoms with Gasteiger partial charge in [-0.25, -0.2) is 4.79 Å². The fraction of sp³-hybridized carbons (Fsp3) is 0.105. The lowest BCUT2D eigenvalue weighted by Gasteiger charge is -2.21. The summed E-state index contributed by atoms with van der Waals surface area (Å²) in [5.41, 5.74) is 0.0492. The Labute approximate surface area is 157 Å². The number of allylic oxidation sites excluding steroid dienone is 1. The van der Waals surface area contributed by atoms with Gasteiger partial charge < -0.3 is 15.4 Å². The van der Waals surface area contributed by atoms with E-state index < -0.39 is 29.4 Å². The van der Waals surface area contributed by atoms with Gasteiger partial charge in [-0.05, 0) is 30.3 Å². The van der Waals surface area contributed by atoms with Crippen molar-refractivity contribution in [2.75, 3.05) is 17.7 Å². The zero-order valence-corrected chi connectivity index (χ0v) is 14.4. The van der Waals surface area contributed by atoms with Gasteiger partial charge in [-0.15, -0.1) is 0 Å². The molecule has 1 heterocycles. The van der Waals surface area contributed by atoms with Gasteiger partial charge in [-0.2, -0.15) is 13.2 Å².